The van der Waals surface area contributed by atoms with Crippen molar-refractivity contribution in [3.05, 3.63) is 35.9 Å². The minimum absolute atomic E-state index is 0.0996. The molecule has 0 saturated heterocycles. The van der Waals surface area contributed by atoms with Gasteiger partial charge in [0.25, 0.3) is 0 Å². The second kappa shape index (κ2) is 5.02. The van der Waals surface area contributed by atoms with E-state index in [2.05, 4.69) is 43.0 Å². The Kier molecular flexibility index (Phi) is 3.79. The molecule has 0 radical (unpaired) electrons. The molecule has 2 heteroatoms. The van der Waals surface area contributed by atoms with Crippen LogP contribution in [0.1, 0.15) is 45.6 Å². The standard InChI is InChI=1S/C16H25NO/c1-4-17(13-14-9-6-5-7-10-14)15(2)11-8-12-16(15,3)18/h5-7,9-10,18H,4,8,11-13H2,1-3H3. The molecule has 0 bridgehead atoms. The fraction of sp³-hybridized carbons (Fsp3) is 0.625. The highest BCUT2D eigenvalue weighted by atomic mass is 16.3. The summed E-state index contributed by atoms with van der Waals surface area (Å²) in [4.78, 5) is 2.43. The third kappa shape index (κ3) is 2.32. The summed E-state index contributed by atoms with van der Waals surface area (Å²) in [7, 11) is 0. The zero-order valence-corrected chi connectivity index (χ0v) is 11.8. The van der Waals surface area contributed by atoms with Gasteiger partial charge in [0.2, 0.25) is 0 Å². The minimum atomic E-state index is -0.572. The summed E-state index contributed by atoms with van der Waals surface area (Å²) in [5.74, 6) is 0. The molecule has 0 aromatic heterocycles. The van der Waals surface area contributed by atoms with Crippen molar-refractivity contribution in [2.45, 2.75) is 57.7 Å². The summed E-state index contributed by atoms with van der Waals surface area (Å²) in [6.45, 7) is 8.29. The summed E-state index contributed by atoms with van der Waals surface area (Å²) in [5, 5.41) is 10.7. The fourth-order valence-corrected chi connectivity index (χ4v) is 3.25. The summed E-state index contributed by atoms with van der Waals surface area (Å²) < 4.78 is 0. The van der Waals surface area contributed by atoms with Gasteiger partial charge in [-0.1, -0.05) is 37.3 Å². The molecule has 100 valence electrons. The van der Waals surface area contributed by atoms with Crippen LogP contribution in [0.25, 0.3) is 0 Å². The minimum Gasteiger partial charge on any atom is -0.388 e. The number of nitrogens with zero attached hydrogens (tertiary/aromatic N) is 1. The second-order valence-corrected chi connectivity index (χ2v) is 5.90. The molecule has 1 aromatic rings. The molecular weight excluding hydrogens is 222 g/mol. The average Bonchev–Trinajstić information content (AvgIpc) is 2.63. The normalized spacial score (nSPS) is 32.1. The summed E-state index contributed by atoms with van der Waals surface area (Å²) in [6, 6.07) is 10.5. The molecule has 0 heterocycles. The van der Waals surface area contributed by atoms with Crippen molar-refractivity contribution >= 4 is 0 Å². The molecule has 2 atom stereocenters. The first-order valence-electron chi connectivity index (χ1n) is 7.01. The molecule has 1 aromatic carbocycles. The Morgan fingerprint density at radius 2 is 1.83 bits per heavy atom. The average molecular weight is 247 g/mol. The predicted octanol–water partition coefficient (Wildman–Crippen LogP) is 3.20. The van der Waals surface area contributed by atoms with Crippen LogP contribution in [-0.2, 0) is 6.54 Å². The van der Waals surface area contributed by atoms with E-state index in [1.165, 1.54) is 5.56 Å². The molecule has 1 N–H and O–H groups in total. The lowest BCUT2D eigenvalue weighted by Crippen LogP contribution is -2.57. The van der Waals surface area contributed by atoms with Gasteiger partial charge in [0.05, 0.1) is 5.60 Å². The maximum atomic E-state index is 10.7. The molecular formula is C16H25NO. The number of benzene rings is 1. The Balaban J connectivity index is 2.19. The van der Waals surface area contributed by atoms with Crippen molar-refractivity contribution in [2.24, 2.45) is 0 Å². The Hall–Kier alpha value is -0.860. The Morgan fingerprint density at radius 3 is 2.33 bits per heavy atom. The van der Waals surface area contributed by atoms with Gasteiger partial charge in [-0.25, -0.2) is 0 Å². The molecule has 0 spiro atoms. The van der Waals surface area contributed by atoms with Gasteiger partial charge in [0.1, 0.15) is 0 Å². The highest BCUT2D eigenvalue weighted by molar-refractivity contribution is 5.16. The van der Waals surface area contributed by atoms with Crippen molar-refractivity contribution in [3.63, 3.8) is 0 Å². The van der Waals surface area contributed by atoms with Gasteiger partial charge in [-0.15, -0.1) is 0 Å². The zero-order chi connectivity index (χ0) is 13.2. The zero-order valence-electron chi connectivity index (χ0n) is 11.8. The van der Waals surface area contributed by atoms with E-state index in [9.17, 15) is 5.11 Å². The van der Waals surface area contributed by atoms with Gasteiger partial charge in [-0.05, 0) is 45.2 Å². The molecule has 1 saturated carbocycles. The molecule has 1 aliphatic carbocycles. The van der Waals surface area contributed by atoms with Gasteiger partial charge in [-0.3, -0.25) is 4.90 Å². The van der Waals surface area contributed by atoms with Crippen molar-refractivity contribution in [2.75, 3.05) is 6.54 Å². The van der Waals surface area contributed by atoms with E-state index in [1.807, 2.05) is 13.0 Å². The lowest BCUT2D eigenvalue weighted by molar-refractivity contribution is -0.0745. The number of hydrogen-bond donors (Lipinski definition) is 1. The van der Waals surface area contributed by atoms with Crippen molar-refractivity contribution in [3.8, 4) is 0 Å². The van der Waals surface area contributed by atoms with E-state index in [0.29, 0.717) is 0 Å². The van der Waals surface area contributed by atoms with Crippen LogP contribution in [0.2, 0.25) is 0 Å². The summed E-state index contributed by atoms with van der Waals surface area (Å²) in [5.41, 5.74) is 0.651. The van der Waals surface area contributed by atoms with Crippen LogP contribution in [0.4, 0.5) is 0 Å². The van der Waals surface area contributed by atoms with Crippen LogP contribution in [0.15, 0.2) is 30.3 Å². The van der Waals surface area contributed by atoms with E-state index in [4.69, 9.17) is 0 Å². The van der Waals surface area contributed by atoms with Crippen molar-refractivity contribution < 1.29 is 5.11 Å². The molecule has 2 nitrogen and oxygen atoms in total. The van der Waals surface area contributed by atoms with Crippen LogP contribution in [0, 0.1) is 0 Å². The van der Waals surface area contributed by atoms with Crippen LogP contribution in [0.3, 0.4) is 0 Å². The molecule has 2 rings (SSSR count). The van der Waals surface area contributed by atoms with Gasteiger partial charge in [0.15, 0.2) is 0 Å². The second-order valence-electron chi connectivity index (χ2n) is 5.90. The third-order valence-electron chi connectivity index (χ3n) is 4.78. The molecule has 1 aliphatic rings. The van der Waals surface area contributed by atoms with Gasteiger partial charge in [-0.2, -0.15) is 0 Å². The number of likely N-dealkylation sites (N-methyl/N-ethyl adjacent to an activating group) is 1. The molecule has 0 amide bonds. The van der Waals surface area contributed by atoms with Crippen molar-refractivity contribution in [1.29, 1.82) is 0 Å². The molecule has 1 fully saturated rings. The quantitative estimate of drug-likeness (QED) is 0.883. The van der Waals surface area contributed by atoms with Crippen LogP contribution in [-0.4, -0.2) is 27.7 Å². The van der Waals surface area contributed by atoms with E-state index in [-0.39, 0.29) is 5.54 Å². The number of rotatable bonds is 4. The van der Waals surface area contributed by atoms with Crippen LogP contribution in [0.5, 0.6) is 0 Å². The number of hydrogen-bond acceptors (Lipinski definition) is 2. The first-order valence-corrected chi connectivity index (χ1v) is 7.01. The van der Waals surface area contributed by atoms with Crippen molar-refractivity contribution in [1.82, 2.24) is 4.90 Å². The lowest BCUT2D eigenvalue weighted by Gasteiger charge is -2.46. The maximum absolute atomic E-state index is 10.7. The maximum Gasteiger partial charge on any atom is 0.0800 e. The monoisotopic (exact) mass is 247 g/mol. The van der Waals surface area contributed by atoms with E-state index < -0.39 is 5.60 Å². The number of aliphatic hydroxyl groups is 1. The fourth-order valence-electron chi connectivity index (χ4n) is 3.25. The predicted molar refractivity (Wildman–Crippen MR) is 75.4 cm³/mol. The van der Waals surface area contributed by atoms with Crippen LogP contribution >= 0.6 is 0 Å². The Bertz CT molecular complexity index is 387. The van der Waals surface area contributed by atoms with E-state index in [0.717, 1.165) is 32.4 Å². The van der Waals surface area contributed by atoms with Gasteiger partial charge < -0.3 is 5.11 Å². The summed E-state index contributed by atoms with van der Waals surface area (Å²) >= 11 is 0. The first-order chi connectivity index (χ1) is 8.49. The van der Waals surface area contributed by atoms with E-state index >= 15 is 0 Å². The Labute approximate surface area is 111 Å². The smallest absolute Gasteiger partial charge is 0.0800 e. The summed E-state index contributed by atoms with van der Waals surface area (Å²) in [6.07, 6.45) is 3.12. The first kappa shape index (κ1) is 13.6. The molecule has 18 heavy (non-hydrogen) atoms. The highest BCUT2D eigenvalue weighted by Gasteiger charge is 2.50. The highest BCUT2D eigenvalue weighted by Crippen LogP contribution is 2.43. The largest absolute Gasteiger partial charge is 0.388 e. The topological polar surface area (TPSA) is 23.5 Å². The third-order valence-corrected chi connectivity index (χ3v) is 4.78. The lowest BCUT2D eigenvalue weighted by atomic mass is 9.84. The SMILES string of the molecule is CCN(Cc1ccccc1)C1(C)CCCC1(C)O. The van der Waals surface area contributed by atoms with Gasteiger partial charge >= 0.3 is 0 Å². The molecule has 0 aliphatic heterocycles. The Morgan fingerprint density at radius 1 is 1.17 bits per heavy atom. The molecule has 2 unspecified atom stereocenters. The van der Waals surface area contributed by atoms with Crippen LogP contribution < -0.4 is 0 Å². The van der Waals surface area contributed by atoms with Gasteiger partial charge in [0, 0.05) is 12.1 Å². The van der Waals surface area contributed by atoms with E-state index in [1.54, 1.807) is 0 Å².